The van der Waals surface area contributed by atoms with Gasteiger partial charge >= 0.3 is 0 Å². The Kier molecular flexibility index (Phi) is 5.31. The highest BCUT2D eigenvalue weighted by molar-refractivity contribution is 5.94. The summed E-state index contributed by atoms with van der Waals surface area (Å²) < 4.78 is 8.88. The molecule has 1 aromatic carbocycles. The number of hydrogen-bond acceptors (Lipinski definition) is 4. The minimum absolute atomic E-state index is 0.110. The Balaban J connectivity index is 1.70. The standard InChI is InChI=1S/C22H25N5O3/c1-25-11-3-4-19(25)18-14-20(22(29)26-12-9-15(10-13-26)21(23)28)27(24-18)16-5-7-17(30-2)8-6-16/h3-8,11,14-15H,9-10,12-13H2,1-2H3,(H2,23,28). The number of nitrogens with zero attached hydrogens (tertiary/aromatic N) is 4. The molecule has 1 aliphatic heterocycles. The monoisotopic (exact) mass is 407 g/mol. The van der Waals surface area contributed by atoms with Crippen molar-refractivity contribution in [1.29, 1.82) is 0 Å². The van der Waals surface area contributed by atoms with Crippen LogP contribution < -0.4 is 10.5 Å². The van der Waals surface area contributed by atoms with E-state index >= 15 is 0 Å². The summed E-state index contributed by atoms with van der Waals surface area (Å²) in [5.74, 6) is 0.160. The van der Waals surface area contributed by atoms with Crippen LogP contribution in [0.5, 0.6) is 5.75 Å². The van der Waals surface area contributed by atoms with Crippen molar-refractivity contribution in [2.75, 3.05) is 20.2 Å². The molecule has 8 nitrogen and oxygen atoms in total. The van der Waals surface area contributed by atoms with Gasteiger partial charge < -0.3 is 19.9 Å². The summed E-state index contributed by atoms with van der Waals surface area (Å²) in [6.07, 6.45) is 3.11. The van der Waals surface area contributed by atoms with Crippen LogP contribution >= 0.6 is 0 Å². The number of ether oxygens (including phenoxy) is 1. The second-order valence-corrected chi connectivity index (χ2v) is 7.50. The summed E-state index contributed by atoms with van der Waals surface area (Å²) >= 11 is 0. The van der Waals surface area contributed by atoms with Gasteiger partial charge in [-0.2, -0.15) is 5.10 Å². The smallest absolute Gasteiger partial charge is 0.272 e. The molecule has 2 amide bonds. The molecule has 156 valence electrons. The summed E-state index contributed by atoms with van der Waals surface area (Å²) in [7, 11) is 3.55. The zero-order chi connectivity index (χ0) is 21.3. The van der Waals surface area contributed by atoms with Gasteiger partial charge in [0, 0.05) is 32.3 Å². The Morgan fingerprint density at radius 1 is 1.13 bits per heavy atom. The third-order valence-corrected chi connectivity index (χ3v) is 5.64. The molecule has 3 heterocycles. The van der Waals surface area contributed by atoms with Crippen LogP contribution in [0.3, 0.4) is 0 Å². The van der Waals surface area contributed by atoms with Crippen molar-refractivity contribution in [3.63, 3.8) is 0 Å². The lowest BCUT2D eigenvalue weighted by molar-refractivity contribution is -0.123. The van der Waals surface area contributed by atoms with Gasteiger partial charge in [0.1, 0.15) is 17.1 Å². The maximum atomic E-state index is 13.4. The summed E-state index contributed by atoms with van der Waals surface area (Å²) in [6, 6.07) is 13.2. The van der Waals surface area contributed by atoms with Crippen LogP contribution in [0.4, 0.5) is 0 Å². The van der Waals surface area contributed by atoms with Gasteiger partial charge in [0.15, 0.2) is 0 Å². The minimum Gasteiger partial charge on any atom is -0.497 e. The number of carbonyl (C=O) groups excluding carboxylic acids is 2. The molecule has 0 spiro atoms. The summed E-state index contributed by atoms with van der Waals surface area (Å²) in [5.41, 5.74) is 8.31. The van der Waals surface area contributed by atoms with Crippen LogP contribution in [0, 0.1) is 5.92 Å². The van der Waals surface area contributed by atoms with Gasteiger partial charge in [-0.3, -0.25) is 9.59 Å². The molecule has 4 rings (SSSR count). The molecule has 0 saturated carbocycles. The summed E-state index contributed by atoms with van der Waals surface area (Å²) in [5, 5.41) is 4.73. The highest BCUT2D eigenvalue weighted by Crippen LogP contribution is 2.25. The number of amides is 2. The molecule has 0 aliphatic carbocycles. The van der Waals surface area contributed by atoms with Crippen molar-refractivity contribution in [3.05, 3.63) is 54.4 Å². The quantitative estimate of drug-likeness (QED) is 0.702. The molecule has 2 aromatic heterocycles. The number of nitrogens with two attached hydrogens (primary N) is 1. The van der Waals surface area contributed by atoms with E-state index < -0.39 is 0 Å². The van der Waals surface area contributed by atoms with Gasteiger partial charge in [0.2, 0.25) is 5.91 Å². The topological polar surface area (TPSA) is 95.4 Å². The molecular weight excluding hydrogens is 382 g/mol. The van der Waals surface area contributed by atoms with E-state index in [1.165, 1.54) is 0 Å². The molecule has 0 bridgehead atoms. The third-order valence-electron chi connectivity index (χ3n) is 5.64. The fourth-order valence-corrected chi connectivity index (χ4v) is 3.84. The van der Waals surface area contributed by atoms with Gasteiger partial charge in [0.05, 0.1) is 18.5 Å². The van der Waals surface area contributed by atoms with Gasteiger partial charge in [-0.15, -0.1) is 0 Å². The summed E-state index contributed by atoms with van der Waals surface area (Å²) in [4.78, 5) is 26.6. The highest BCUT2D eigenvalue weighted by atomic mass is 16.5. The Morgan fingerprint density at radius 2 is 1.83 bits per heavy atom. The molecular formula is C22H25N5O3. The zero-order valence-corrected chi connectivity index (χ0v) is 17.1. The fourth-order valence-electron chi connectivity index (χ4n) is 3.84. The molecule has 0 atom stereocenters. The second-order valence-electron chi connectivity index (χ2n) is 7.50. The van der Waals surface area contributed by atoms with Crippen LogP contribution in [0.15, 0.2) is 48.7 Å². The van der Waals surface area contributed by atoms with E-state index in [2.05, 4.69) is 0 Å². The van der Waals surface area contributed by atoms with Crippen molar-refractivity contribution in [3.8, 4) is 22.8 Å². The van der Waals surface area contributed by atoms with Crippen LogP contribution in [0.1, 0.15) is 23.3 Å². The molecule has 3 aromatic rings. The fraction of sp³-hybridized carbons (Fsp3) is 0.318. The predicted octanol–water partition coefficient (Wildman–Crippen LogP) is 2.22. The van der Waals surface area contributed by atoms with Crippen LogP contribution in [-0.2, 0) is 11.8 Å². The van der Waals surface area contributed by atoms with Gasteiger partial charge in [-0.25, -0.2) is 4.68 Å². The maximum absolute atomic E-state index is 13.4. The lowest BCUT2D eigenvalue weighted by Crippen LogP contribution is -2.42. The van der Waals surface area contributed by atoms with Crippen LogP contribution in [0.25, 0.3) is 17.1 Å². The van der Waals surface area contributed by atoms with Crippen molar-refractivity contribution < 1.29 is 14.3 Å². The van der Waals surface area contributed by atoms with E-state index in [0.717, 1.165) is 17.1 Å². The average molecular weight is 407 g/mol. The second kappa shape index (κ2) is 8.06. The van der Waals surface area contributed by atoms with Gasteiger partial charge in [0.25, 0.3) is 5.91 Å². The molecule has 1 saturated heterocycles. The molecule has 0 unspecified atom stereocenters. The minimum atomic E-state index is -0.295. The van der Waals surface area contributed by atoms with E-state index in [9.17, 15) is 9.59 Å². The van der Waals surface area contributed by atoms with E-state index in [4.69, 9.17) is 15.6 Å². The Hall–Kier alpha value is -3.55. The molecule has 8 heteroatoms. The van der Waals surface area contributed by atoms with Crippen molar-refractivity contribution in [1.82, 2.24) is 19.2 Å². The third kappa shape index (κ3) is 3.68. The molecule has 2 N–H and O–H groups in total. The SMILES string of the molecule is COc1ccc(-n2nc(-c3cccn3C)cc2C(=O)N2CCC(C(N)=O)CC2)cc1. The number of piperidine rings is 1. The number of likely N-dealkylation sites (tertiary alicyclic amines) is 1. The number of hydrogen-bond donors (Lipinski definition) is 1. The Labute approximate surface area is 174 Å². The number of benzene rings is 1. The molecule has 1 fully saturated rings. The number of aromatic nitrogens is 3. The Morgan fingerprint density at radius 3 is 2.40 bits per heavy atom. The van der Waals surface area contributed by atoms with E-state index in [1.807, 2.05) is 60.3 Å². The van der Waals surface area contributed by atoms with Crippen molar-refractivity contribution in [2.45, 2.75) is 12.8 Å². The van der Waals surface area contributed by atoms with E-state index in [0.29, 0.717) is 37.3 Å². The first-order valence-electron chi connectivity index (χ1n) is 9.92. The molecule has 30 heavy (non-hydrogen) atoms. The van der Waals surface area contributed by atoms with Crippen molar-refractivity contribution >= 4 is 11.8 Å². The van der Waals surface area contributed by atoms with Gasteiger partial charge in [-0.1, -0.05) is 0 Å². The highest BCUT2D eigenvalue weighted by Gasteiger charge is 2.29. The van der Waals surface area contributed by atoms with Crippen LogP contribution in [0.2, 0.25) is 0 Å². The lowest BCUT2D eigenvalue weighted by atomic mass is 9.96. The predicted molar refractivity (Wildman–Crippen MR) is 112 cm³/mol. The Bertz CT molecular complexity index is 1060. The van der Waals surface area contributed by atoms with Crippen LogP contribution in [-0.4, -0.2) is 51.3 Å². The van der Waals surface area contributed by atoms with E-state index in [1.54, 1.807) is 16.7 Å². The number of carbonyl (C=O) groups is 2. The van der Waals surface area contributed by atoms with Crippen molar-refractivity contribution in [2.24, 2.45) is 18.7 Å². The maximum Gasteiger partial charge on any atom is 0.272 e. The average Bonchev–Trinajstić information content (AvgIpc) is 3.39. The first kappa shape index (κ1) is 19.8. The van der Waals surface area contributed by atoms with Gasteiger partial charge in [-0.05, 0) is 55.3 Å². The zero-order valence-electron chi connectivity index (χ0n) is 17.1. The van der Waals surface area contributed by atoms with E-state index in [-0.39, 0.29) is 17.7 Å². The lowest BCUT2D eigenvalue weighted by Gasteiger charge is -2.30. The first-order valence-corrected chi connectivity index (χ1v) is 9.92. The first-order chi connectivity index (χ1) is 14.5. The number of rotatable bonds is 5. The number of aryl methyl sites for hydroxylation is 1. The number of methoxy groups -OCH3 is 1. The summed E-state index contributed by atoms with van der Waals surface area (Å²) in [6.45, 7) is 0.999. The molecule has 1 aliphatic rings. The largest absolute Gasteiger partial charge is 0.497 e. The number of primary amides is 1. The normalized spacial score (nSPS) is 14.7. The molecule has 0 radical (unpaired) electrons.